The second kappa shape index (κ2) is 10.4. The number of carbonyl (C=O) groups excluding carboxylic acids is 1. The van der Waals surface area contributed by atoms with Gasteiger partial charge in [0.25, 0.3) is 0 Å². The highest BCUT2D eigenvalue weighted by molar-refractivity contribution is 5.73. The van der Waals surface area contributed by atoms with Crippen LogP contribution in [0.15, 0.2) is 18.3 Å². The lowest BCUT2D eigenvalue weighted by molar-refractivity contribution is 0.0375. The SMILES string of the molecule is CN1CCN(c2cc(CNC(=O)NCCCN3CCOCC3)ccn2)CC1. The van der Waals surface area contributed by atoms with E-state index in [1.807, 2.05) is 12.3 Å². The number of rotatable bonds is 7. The number of pyridine rings is 1. The van der Waals surface area contributed by atoms with E-state index in [9.17, 15) is 4.79 Å². The van der Waals surface area contributed by atoms with Crippen LogP contribution in [-0.4, -0.2) is 93.4 Å². The molecule has 0 radical (unpaired) electrons. The van der Waals surface area contributed by atoms with Crippen LogP contribution >= 0.6 is 0 Å². The molecule has 2 aliphatic heterocycles. The van der Waals surface area contributed by atoms with Crippen molar-refractivity contribution in [2.45, 2.75) is 13.0 Å². The van der Waals surface area contributed by atoms with Crippen molar-refractivity contribution in [2.75, 3.05) is 77.5 Å². The molecule has 2 N–H and O–H groups in total. The summed E-state index contributed by atoms with van der Waals surface area (Å²) in [5.74, 6) is 0.994. The zero-order valence-corrected chi connectivity index (χ0v) is 16.3. The van der Waals surface area contributed by atoms with Gasteiger partial charge in [0.1, 0.15) is 5.82 Å². The summed E-state index contributed by atoms with van der Waals surface area (Å²) in [6.07, 6.45) is 2.78. The predicted octanol–water partition coefficient (Wildman–Crippen LogP) is 0.355. The van der Waals surface area contributed by atoms with E-state index in [0.717, 1.165) is 76.8 Å². The zero-order chi connectivity index (χ0) is 18.9. The Morgan fingerprint density at radius 1 is 1.15 bits per heavy atom. The Hall–Kier alpha value is -1.90. The number of aromatic nitrogens is 1. The fraction of sp³-hybridized carbons (Fsp3) is 0.684. The highest BCUT2D eigenvalue weighted by Gasteiger charge is 2.15. The van der Waals surface area contributed by atoms with Gasteiger partial charge in [0.2, 0.25) is 0 Å². The molecule has 1 aromatic rings. The maximum absolute atomic E-state index is 12.0. The molecule has 0 saturated carbocycles. The number of urea groups is 1. The molecule has 3 rings (SSSR count). The Kier molecular flexibility index (Phi) is 7.67. The number of anilines is 1. The fourth-order valence-electron chi connectivity index (χ4n) is 3.35. The zero-order valence-electron chi connectivity index (χ0n) is 16.3. The molecule has 150 valence electrons. The molecule has 0 aliphatic carbocycles. The minimum absolute atomic E-state index is 0.116. The Morgan fingerprint density at radius 2 is 1.93 bits per heavy atom. The highest BCUT2D eigenvalue weighted by atomic mass is 16.5. The first-order valence-corrected chi connectivity index (χ1v) is 9.91. The number of piperazine rings is 1. The first kappa shape index (κ1) is 19.9. The third kappa shape index (κ3) is 6.64. The molecule has 0 aromatic carbocycles. The predicted molar refractivity (Wildman–Crippen MR) is 106 cm³/mol. The largest absolute Gasteiger partial charge is 0.379 e. The fourth-order valence-corrected chi connectivity index (χ4v) is 3.35. The van der Waals surface area contributed by atoms with Gasteiger partial charge in [-0.15, -0.1) is 0 Å². The van der Waals surface area contributed by atoms with E-state index in [1.54, 1.807) is 0 Å². The van der Waals surface area contributed by atoms with Crippen molar-refractivity contribution in [3.05, 3.63) is 23.9 Å². The second-order valence-electron chi connectivity index (χ2n) is 7.23. The van der Waals surface area contributed by atoms with Gasteiger partial charge in [-0.25, -0.2) is 9.78 Å². The summed E-state index contributed by atoms with van der Waals surface area (Å²) < 4.78 is 5.34. The summed E-state index contributed by atoms with van der Waals surface area (Å²) in [5.41, 5.74) is 1.07. The molecule has 1 aromatic heterocycles. The summed E-state index contributed by atoms with van der Waals surface area (Å²) in [6, 6.07) is 3.91. The Bertz CT molecular complexity index is 585. The molecule has 0 spiro atoms. The lowest BCUT2D eigenvalue weighted by Crippen LogP contribution is -2.44. The van der Waals surface area contributed by atoms with Crippen LogP contribution in [0.1, 0.15) is 12.0 Å². The monoisotopic (exact) mass is 376 g/mol. The lowest BCUT2D eigenvalue weighted by atomic mass is 10.2. The standard InChI is InChI=1S/C19H32N6O2/c1-23-7-9-25(10-8-23)18-15-17(3-5-20-18)16-22-19(26)21-4-2-6-24-11-13-27-14-12-24/h3,5,15H,2,4,6-14,16H2,1H3,(H2,21,22,26). The molecule has 2 saturated heterocycles. The lowest BCUT2D eigenvalue weighted by Gasteiger charge is -2.33. The summed E-state index contributed by atoms with van der Waals surface area (Å²) >= 11 is 0. The minimum atomic E-state index is -0.116. The quantitative estimate of drug-likeness (QED) is 0.670. The van der Waals surface area contributed by atoms with Gasteiger partial charge < -0.3 is 25.2 Å². The van der Waals surface area contributed by atoms with Gasteiger partial charge in [-0.05, 0) is 37.7 Å². The Morgan fingerprint density at radius 3 is 2.70 bits per heavy atom. The normalized spacial score (nSPS) is 19.1. The third-order valence-electron chi connectivity index (χ3n) is 5.13. The van der Waals surface area contributed by atoms with Crippen molar-refractivity contribution in [3.8, 4) is 0 Å². The molecule has 2 amide bonds. The van der Waals surface area contributed by atoms with Crippen LogP contribution in [0.4, 0.5) is 10.6 Å². The van der Waals surface area contributed by atoms with E-state index in [2.05, 4.69) is 43.4 Å². The number of nitrogens with one attached hydrogen (secondary N) is 2. The number of hydrogen-bond acceptors (Lipinski definition) is 6. The maximum Gasteiger partial charge on any atom is 0.315 e. The first-order valence-electron chi connectivity index (χ1n) is 9.91. The highest BCUT2D eigenvalue weighted by Crippen LogP contribution is 2.14. The van der Waals surface area contributed by atoms with Crippen LogP contribution in [0, 0.1) is 0 Å². The van der Waals surface area contributed by atoms with Gasteiger partial charge in [0.15, 0.2) is 0 Å². The van der Waals surface area contributed by atoms with Crippen LogP contribution in [0.25, 0.3) is 0 Å². The van der Waals surface area contributed by atoms with Crippen molar-refractivity contribution < 1.29 is 9.53 Å². The van der Waals surface area contributed by atoms with Gasteiger partial charge in [-0.1, -0.05) is 0 Å². The molecule has 0 bridgehead atoms. The van der Waals surface area contributed by atoms with Gasteiger partial charge in [-0.3, -0.25) is 4.90 Å². The van der Waals surface area contributed by atoms with Crippen molar-refractivity contribution in [1.29, 1.82) is 0 Å². The molecule has 0 unspecified atom stereocenters. The number of likely N-dealkylation sites (N-methyl/N-ethyl adjacent to an activating group) is 1. The second-order valence-corrected chi connectivity index (χ2v) is 7.23. The Labute approximate surface area is 161 Å². The van der Waals surface area contributed by atoms with Crippen LogP contribution in [0.2, 0.25) is 0 Å². The molecular formula is C19H32N6O2. The average molecular weight is 377 g/mol. The van der Waals surface area contributed by atoms with Gasteiger partial charge in [-0.2, -0.15) is 0 Å². The Balaban J connectivity index is 1.34. The van der Waals surface area contributed by atoms with Crippen molar-refractivity contribution in [1.82, 2.24) is 25.4 Å². The topological polar surface area (TPSA) is 73.0 Å². The van der Waals surface area contributed by atoms with E-state index in [4.69, 9.17) is 4.74 Å². The number of carbonyl (C=O) groups is 1. The summed E-state index contributed by atoms with van der Waals surface area (Å²) in [7, 11) is 2.14. The van der Waals surface area contributed by atoms with E-state index >= 15 is 0 Å². The van der Waals surface area contributed by atoms with Crippen LogP contribution in [0.3, 0.4) is 0 Å². The molecule has 2 fully saturated rings. The number of hydrogen-bond donors (Lipinski definition) is 2. The van der Waals surface area contributed by atoms with E-state index in [1.165, 1.54) is 0 Å². The minimum Gasteiger partial charge on any atom is -0.379 e. The molecule has 27 heavy (non-hydrogen) atoms. The smallest absolute Gasteiger partial charge is 0.315 e. The molecular weight excluding hydrogens is 344 g/mol. The van der Waals surface area contributed by atoms with Crippen LogP contribution in [0.5, 0.6) is 0 Å². The molecule has 3 heterocycles. The molecule has 8 nitrogen and oxygen atoms in total. The summed E-state index contributed by atoms with van der Waals surface area (Å²) in [5, 5.41) is 5.87. The van der Waals surface area contributed by atoms with E-state index in [-0.39, 0.29) is 6.03 Å². The van der Waals surface area contributed by atoms with Crippen molar-refractivity contribution in [2.24, 2.45) is 0 Å². The first-order chi connectivity index (χ1) is 13.2. The summed E-state index contributed by atoms with van der Waals surface area (Å²) in [4.78, 5) is 23.5. The maximum atomic E-state index is 12.0. The molecule has 8 heteroatoms. The van der Waals surface area contributed by atoms with Crippen LogP contribution in [-0.2, 0) is 11.3 Å². The van der Waals surface area contributed by atoms with Crippen molar-refractivity contribution in [3.63, 3.8) is 0 Å². The number of amides is 2. The molecule has 2 aliphatic rings. The summed E-state index contributed by atoms with van der Waals surface area (Å²) in [6.45, 7) is 9.90. The van der Waals surface area contributed by atoms with Crippen LogP contribution < -0.4 is 15.5 Å². The molecule has 0 atom stereocenters. The van der Waals surface area contributed by atoms with Gasteiger partial charge in [0, 0.05) is 58.6 Å². The van der Waals surface area contributed by atoms with Crippen molar-refractivity contribution >= 4 is 11.8 Å². The number of nitrogens with zero attached hydrogens (tertiary/aromatic N) is 4. The number of morpholine rings is 1. The average Bonchev–Trinajstić information content (AvgIpc) is 2.71. The van der Waals surface area contributed by atoms with Gasteiger partial charge >= 0.3 is 6.03 Å². The van der Waals surface area contributed by atoms with E-state index in [0.29, 0.717) is 13.1 Å². The third-order valence-corrected chi connectivity index (χ3v) is 5.13. The number of ether oxygens (including phenoxy) is 1. The van der Waals surface area contributed by atoms with E-state index < -0.39 is 0 Å². The van der Waals surface area contributed by atoms with Gasteiger partial charge in [0.05, 0.1) is 13.2 Å².